The van der Waals surface area contributed by atoms with Gasteiger partial charge in [0.05, 0.1) is 6.04 Å². The Morgan fingerprint density at radius 3 is 3.00 bits per heavy atom. The molecule has 1 N–H and O–H groups in total. The third-order valence-electron chi connectivity index (χ3n) is 3.05. The lowest BCUT2D eigenvalue weighted by molar-refractivity contribution is -0.121. The van der Waals surface area contributed by atoms with Crippen LogP contribution in [0, 0.1) is 0 Å². The number of benzene rings is 1. The average Bonchev–Trinajstić information content (AvgIpc) is 2.29. The quantitative estimate of drug-likeness (QED) is 0.788. The number of amides is 1. The van der Waals surface area contributed by atoms with Gasteiger partial charge in [0.15, 0.2) is 0 Å². The van der Waals surface area contributed by atoms with Crippen molar-refractivity contribution >= 4 is 17.5 Å². The van der Waals surface area contributed by atoms with Crippen LogP contribution in [0.25, 0.3) is 0 Å². The van der Waals surface area contributed by atoms with Gasteiger partial charge in [-0.2, -0.15) is 0 Å². The molecule has 1 aliphatic carbocycles. The fraction of sp³-hybridized carbons (Fsp3) is 0.462. The molecule has 0 bridgehead atoms. The van der Waals surface area contributed by atoms with Crippen molar-refractivity contribution in [1.29, 1.82) is 0 Å². The van der Waals surface area contributed by atoms with Crippen molar-refractivity contribution in [2.45, 2.75) is 37.6 Å². The molecule has 86 valence electrons. The van der Waals surface area contributed by atoms with Crippen LogP contribution < -0.4 is 5.32 Å². The highest BCUT2D eigenvalue weighted by molar-refractivity contribution is 6.30. The molecule has 0 fully saturated rings. The maximum absolute atomic E-state index is 11.6. The van der Waals surface area contributed by atoms with Crippen molar-refractivity contribution < 1.29 is 4.79 Å². The predicted molar refractivity (Wildman–Crippen MR) is 65.6 cm³/mol. The second-order valence-electron chi connectivity index (χ2n) is 4.27. The Morgan fingerprint density at radius 1 is 1.50 bits per heavy atom. The number of aryl methyl sites for hydroxylation is 1. The predicted octanol–water partition coefficient (Wildman–Crippen LogP) is 2.81. The summed E-state index contributed by atoms with van der Waals surface area (Å²) in [7, 11) is 0. The van der Waals surface area contributed by atoms with Crippen LogP contribution in [0.1, 0.15) is 36.9 Å². The second-order valence-corrected chi connectivity index (χ2v) is 4.92. The van der Waals surface area contributed by atoms with Gasteiger partial charge in [0.2, 0.25) is 5.91 Å². The summed E-state index contributed by atoms with van der Waals surface area (Å²) in [6.45, 7) is 1.70. The summed E-state index contributed by atoms with van der Waals surface area (Å²) in [5.74, 6) is -0.0802. The van der Waals surface area contributed by atoms with Gasteiger partial charge in [0.25, 0.3) is 0 Å². The van der Waals surface area contributed by atoms with Crippen molar-refractivity contribution in [2.24, 2.45) is 0 Å². The van der Waals surface area contributed by atoms with Gasteiger partial charge in [-0.05, 0) is 37.3 Å². The summed E-state index contributed by atoms with van der Waals surface area (Å²) in [6, 6.07) is 8.44. The number of halogens is 1. The fourth-order valence-electron chi connectivity index (χ4n) is 2.19. The van der Waals surface area contributed by atoms with E-state index in [9.17, 15) is 4.79 Å². The zero-order valence-corrected chi connectivity index (χ0v) is 10.1. The minimum Gasteiger partial charge on any atom is -0.348 e. The van der Waals surface area contributed by atoms with Crippen LogP contribution in [0.15, 0.2) is 24.3 Å². The van der Waals surface area contributed by atoms with Gasteiger partial charge < -0.3 is 5.32 Å². The maximum Gasteiger partial charge on any atom is 0.238 e. The molecule has 0 saturated carbocycles. The topological polar surface area (TPSA) is 29.1 Å². The smallest absolute Gasteiger partial charge is 0.238 e. The molecular weight excluding hydrogens is 222 g/mol. The highest BCUT2D eigenvalue weighted by Crippen LogP contribution is 2.29. The highest BCUT2D eigenvalue weighted by atomic mass is 35.5. The van der Waals surface area contributed by atoms with Gasteiger partial charge in [-0.25, -0.2) is 0 Å². The minimum atomic E-state index is -0.464. The average molecular weight is 238 g/mol. The zero-order chi connectivity index (χ0) is 11.5. The molecule has 0 aromatic heterocycles. The largest absolute Gasteiger partial charge is 0.348 e. The van der Waals surface area contributed by atoms with Crippen LogP contribution in [-0.4, -0.2) is 11.3 Å². The van der Waals surface area contributed by atoms with Crippen molar-refractivity contribution in [3.05, 3.63) is 35.4 Å². The van der Waals surface area contributed by atoms with Gasteiger partial charge in [0.1, 0.15) is 5.38 Å². The van der Waals surface area contributed by atoms with E-state index in [0.717, 1.165) is 19.3 Å². The van der Waals surface area contributed by atoms with Gasteiger partial charge in [-0.1, -0.05) is 24.3 Å². The third kappa shape index (κ3) is 2.38. The van der Waals surface area contributed by atoms with E-state index in [-0.39, 0.29) is 11.9 Å². The summed E-state index contributed by atoms with van der Waals surface area (Å²) < 4.78 is 0. The molecule has 3 heteroatoms. The first-order valence-corrected chi connectivity index (χ1v) is 6.14. The summed E-state index contributed by atoms with van der Waals surface area (Å²) in [5, 5.41) is 2.54. The van der Waals surface area contributed by atoms with Crippen LogP contribution >= 0.6 is 11.6 Å². The molecule has 16 heavy (non-hydrogen) atoms. The summed E-state index contributed by atoms with van der Waals surface area (Å²) in [5.41, 5.74) is 2.60. The Kier molecular flexibility index (Phi) is 3.49. The van der Waals surface area contributed by atoms with Gasteiger partial charge in [-0.3, -0.25) is 4.79 Å². The molecule has 0 unspecified atom stereocenters. The Bertz CT molecular complexity index is 389. The van der Waals surface area contributed by atoms with Gasteiger partial charge >= 0.3 is 0 Å². The van der Waals surface area contributed by atoms with Crippen LogP contribution in [-0.2, 0) is 11.2 Å². The number of hydrogen-bond donors (Lipinski definition) is 1. The molecule has 1 aromatic rings. The normalized spacial score (nSPS) is 21.0. The van der Waals surface area contributed by atoms with E-state index in [2.05, 4.69) is 17.4 Å². The van der Waals surface area contributed by atoms with Crippen LogP contribution in [0.3, 0.4) is 0 Å². The van der Waals surface area contributed by atoms with Crippen LogP contribution in [0.5, 0.6) is 0 Å². The first kappa shape index (κ1) is 11.5. The summed E-state index contributed by atoms with van der Waals surface area (Å²) >= 11 is 5.76. The Morgan fingerprint density at radius 2 is 2.25 bits per heavy atom. The molecule has 0 heterocycles. The molecule has 2 rings (SSSR count). The van der Waals surface area contributed by atoms with Gasteiger partial charge in [0, 0.05) is 0 Å². The zero-order valence-electron chi connectivity index (χ0n) is 9.37. The lowest BCUT2D eigenvalue weighted by Crippen LogP contribution is -2.35. The van der Waals surface area contributed by atoms with Crippen LogP contribution in [0.4, 0.5) is 0 Å². The molecule has 1 aromatic carbocycles. The van der Waals surface area contributed by atoms with E-state index in [1.54, 1.807) is 6.92 Å². The Hall–Kier alpha value is -1.02. The van der Waals surface area contributed by atoms with E-state index in [4.69, 9.17) is 11.6 Å². The SMILES string of the molecule is C[C@H](Cl)C(=O)N[C@H]1CCCc2ccccc21. The Labute approximate surface area is 101 Å². The molecule has 0 aliphatic heterocycles. The first-order chi connectivity index (χ1) is 7.68. The Balaban J connectivity index is 2.16. The fourth-order valence-corrected chi connectivity index (χ4v) is 2.25. The molecule has 0 radical (unpaired) electrons. The van der Waals surface area contributed by atoms with Crippen molar-refractivity contribution in [3.8, 4) is 0 Å². The molecule has 1 aliphatic rings. The van der Waals surface area contributed by atoms with Crippen molar-refractivity contribution in [2.75, 3.05) is 0 Å². The van der Waals surface area contributed by atoms with E-state index >= 15 is 0 Å². The maximum atomic E-state index is 11.6. The molecule has 2 atom stereocenters. The number of alkyl halides is 1. The van der Waals surface area contributed by atoms with E-state index < -0.39 is 5.38 Å². The number of fused-ring (bicyclic) bond motifs is 1. The molecule has 1 amide bonds. The minimum absolute atomic E-state index is 0.0802. The number of carbonyl (C=O) groups is 1. The monoisotopic (exact) mass is 237 g/mol. The second kappa shape index (κ2) is 4.88. The number of hydrogen-bond acceptors (Lipinski definition) is 1. The molecule has 2 nitrogen and oxygen atoms in total. The van der Waals surface area contributed by atoms with E-state index in [0.29, 0.717) is 0 Å². The summed E-state index contributed by atoms with van der Waals surface area (Å²) in [6.07, 6.45) is 3.24. The number of nitrogens with one attached hydrogen (secondary N) is 1. The summed E-state index contributed by atoms with van der Waals surface area (Å²) in [4.78, 5) is 11.6. The van der Waals surface area contributed by atoms with E-state index in [1.165, 1.54) is 11.1 Å². The molecular formula is C13H16ClNO. The van der Waals surface area contributed by atoms with Crippen molar-refractivity contribution in [3.63, 3.8) is 0 Å². The lowest BCUT2D eigenvalue weighted by Gasteiger charge is -2.26. The van der Waals surface area contributed by atoms with Crippen molar-refractivity contribution in [1.82, 2.24) is 5.32 Å². The standard InChI is InChI=1S/C13H16ClNO/c1-9(14)13(16)15-12-8-4-6-10-5-2-3-7-11(10)12/h2-3,5,7,9,12H,4,6,8H2,1H3,(H,15,16)/t9-,12-/m0/s1. The van der Waals surface area contributed by atoms with E-state index in [1.807, 2.05) is 12.1 Å². The molecule has 0 saturated heterocycles. The number of rotatable bonds is 2. The molecule has 0 spiro atoms. The first-order valence-electron chi connectivity index (χ1n) is 5.70. The van der Waals surface area contributed by atoms with Gasteiger partial charge in [-0.15, -0.1) is 11.6 Å². The number of carbonyl (C=O) groups excluding carboxylic acids is 1. The lowest BCUT2D eigenvalue weighted by atomic mass is 9.88. The highest BCUT2D eigenvalue weighted by Gasteiger charge is 2.22. The van der Waals surface area contributed by atoms with Crippen LogP contribution in [0.2, 0.25) is 0 Å². The third-order valence-corrected chi connectivity index (χ3v) is 3.25.